The van der Waals surface area contributed by atoms with E-state index in [4.69, 9.17) is 0 Å². The van der Waals surface area contributed by atoms with Gasteiger partial charge < -0.3 is 4.90 Å². The fourth-order valence-corrected chi connectivity index (χ4v) is 1.42. The number of hydrogen-bond donors (Lipinski definition) is 0. The Bertz CT molecular complexity index is 165. The predicted molar refractivity (Wildman–Crippen MR) is 45.2 cm³/mol. The second-order valence-electron chi connectivity index (χ2n) is 3.86. The summed E-state index contributed by atoms with van der Waals surface area (Å²) in [5.41, 5.74) is 0. The van der Waals surface area contributed by atoms with Gasteiger partial charge in [0.1, 0.15) is 0 Å². The van der Waals surface area contributed by atoms with Crippen LogP contribution in [0.5, 0.6) is 0 Å². The first kappa shape index (κ1) is 8.57. The van der Waals surface area contributed by atoms with Gasteiger partial charge in [-0.3, -0.25) is 4.79 Å². The highest BCUT2D eigenvalue weighted by Crippen LogP contribution is 2.25. The van der Waals surface area contributed by atoms with Crippen molar-refractivity contribution in [2.75, 3.05) is 6.54 Å². The molecule has 0 aromatic carbocycles. The van der Waals surface area contributed by atoms with Gasteiger partial charge in [0.2, 0.25) is 5.91 Å². The van der Waals surface area contributed by atoms with Crippen LogP contribution in [0.3, 0.4) is 0 Å². The molecular formula is C9H17NO. The topological polar surface area (TPSA) is 20.3 Å². The number of likely N-dealkylation sites (tertiary alicyclic amines) is 1. The minimum atomic E-state index is 0.157. The van der Waals surface area contributed by atoms with Crippen LogP contribution in [0, 0.1) is 11.8 Å². The van der Waals surface area contributed by atoms with Crippen LogP contribution in [0.15, 0.2) is 0 Å². The van der Waals surface area contributed by atoms with Crippen LogP contribution in [0.25, 0.3) is 0 Å². The Morgan fingerprint density at radius 2 is 2.00 bits per heavy atom. The van der Waals surface area contributed by atoms with Gasteiger partial charge in [0.05, 0.1) is 0 Å². The molecule has 0 N–H and O–H groups in total. The van der Waals surface area contributed by atoms with E-state index in [9.17, 15) is 4.79 Å². The number of carbonyl (C=O) groups is 1. The van der Waals surface area contributed by atoms with Crippen LogP contribution in [-0.2, 0) is 4.79 Å². The van der Waals surface area contributed by atoms with Gasteiger partial charge in [-0.1, -0.05) is 20.8 Å². The van der Waals surface area contributed by atoms with Gasteiger partial charge in [-0.05, 0) is 12.8 Å². The third-order valence-electron chi connectivity index (χ3n) is 2.58. The Labute approximate surface area is 68.6 Å². The summed E-state index contributed by atoms with van der Waals surface area (Å²) in [5, 5.41) is 0. The molecule has 11 heavy (non-hydrogen) atoms. The van der Waals surface area contributed by atoms with Gasteiger partial charge in [0, 0.05) is 18.5 Å². The summed E-state index contributed by atoms with van der Waals surface area (Å²) in [7, 11) is 0. The van der Waals surface area contributed by atoms with Gasteiger partial charge in [-0.25, -0.2) is 0 Å². The monoisotopic (exact) mass is 155 g/mol. The minimum Gasteiger partial charge on any atom is -0.339 e. The molecule has 1 amide bonds. The van der Waals surface area contributed by atoms with Crippen molar-refractivity contribution >= 4 is 5.91 Å². The second-order valence-corrected chi connectivity index (χ2v) is 3.86. The van der Waals surface area contributed by atoms with Gasteiger partial charge >= 0.3 is 0 Å². The van der Waals surface area contributed by atoms with Crippen LogP contribution in [0.4, 0.5) is 0 Å². The molecular weight excluding hydrogens is 138 g/mol. The van der Waals surface area contributed by atoms with E-state index in [2.05, 4.69) is 13.8 Å². The summed E-state index contributed by atoms with van der Waals surface area (Å²) in [6, 6.07) is 0.463. The zero-order valence-corrected chi connectivity index (χ0v) is 7.79. The number of hydrogen-bond acceptors (Lipinski definition) is 1. The Morgan fingerprint density at radius 3 is 2.27 bits per heavy atom. The first-order valence-electron chi connectivity index (χ1n) is 4.34. The zero-order valence-electron chi connectivity index (χ0n) is 7.79. The average molecular weight is 155 g/mol. The smallest absolute Gasteiger partial charge is 0.225 e. The first-order chi connectivity index (χ1) is 5.04. The van der Waals surface area contributed by atoms with E-state index in [-0.39, 0.29) is 5.92 Å². The lowest BCUT2D eigenvalue weighted by Gasteiger charge is -2.45. The summed E-state index contributed by atoms with van der Waals surface area (Å²) in [6.45, 7) is 9.18. The molecule has 2 atom stereocenters. The van der Waals surface area contributed by atoms with Crippen LogP contribution in [0.1, 0.15) is 27.7 Å². The molecule has 0 aromatic rings. The number of amides is 1. The minimum absolute atomic E-state index is 0.157. The van der Waals surface area contributed by atoms with E-state index in [0.717, 1.165) is 6.54 Å². The second kappa shape index (κ2) is 2.84. The van der Waals surface area contributed by atoms with Crippen molar-refractivity contribution in [3.8, 4) is 0 Å². The standard InChI is InChI=1S/C9H17NO/c1-6(2)9(11)10-5-7(3)8(10)4/h6-8H,5H2,1-4H3. The van der Waals surface area contributed by atoms with E-state index < -0.39 is 0 Å². The molecule has 0 spiro atoms. The molecule has 1 aliphatic heterocycles. The number of carbonyl (C=O) groups excluding carboxylic acids is 1. The number of rotatable bonds is 1. The lowest BCUT2D eigenvalue weighted by atomic mass is 9.90. The lowest BCUT2D eigenvalue weighted by Crippen LogP contribution is -2.57. The SMILES string of the molecule is CC(C)C(=O)N1CC(C)C1C. The summed E-state index contributed by atoms with van der Waals surface area (Å²) in [4.78, 5) is 13.4. The highest BCUT2D eigenvalue weighted by Gasteiger charge is 2.35. The summed E-state index contributed by atoms with van der Waals surface area (Å²) in [5.74, 6) is 1.15. The first-order valence-corrected chi connectivity index (χ1v) is 4.34. The maximum Gasteiger partial charge on any atom is 0.225 e. The molecule has 1 rings (SSSR count). The third-order valence-corrected chi connectivity index (χ3v) is 2.58. The van der Waals surface area contributed by atoms with E-state index >= 15 is 0 Å². The van der Waals surface area contributed by atoms with Crippen LogP contribution in [0.2, 0.25) is 0 Å². The largest absolute Gasteiger partial charge is 0.339 e. The molecule has 0 radical (unpaired) electrons. The van der Waals surface area contributed by atoms with Gasteiger partial charge in [-0.15, -0.1) is 0 Å². The molecule has 1 heterocycles. The van der Waals surface area contributed by atoms with Crippen LogP contribution < -0.4 is 0 Å². The highest BCUT2D eigenvalue weighted by molar-refractivity contribution is 5.79. The van der Waals surface area contributed by atoms with E-state index in [1.807, 2.05) is 18.7 Å². The Morgan fingerprint density at radius 1 is 1.45 bits per heavy atom. The highest BCUT2D eigenvalue weighted by atomic mass is 16.2. The third kappa shape index (κ3) is 1.39. The van der Waals surface area contributed by atoms with Crippen molar-refractivity contribution < 1.29 is 4.79 Å². The van der Waals surface area contributed by atoms with Gasteiger partial charge in [-0.2, -0.15) is 0 Å². The molecule has 1 saturated heterocycles. The van der Waals surface area contributed by atoms with Gasteiger partial charge in [0.15, 0.2) is 0 Å². The average Bonchev–Trinajstić information content (AvgIpc) is 1.98. The van der Waals surface area contributed by atoms with Crippen molar-refractivity contribution in [3.63, 3.8) is 0 Å². The van der Waals surface area contributed by atoms with Gasteiger partial charge in [0.25, 0.3) is 0 Å². The molecule has 2 nitrogen and oxygen atoms in total. The summed E-state index contributed by atoms with van der Waals surface area (Å²) >= 11 is 0. The van der Waals surface area contributed by atoms with Crippen molar-refractivity contribution in [2.45, 2.75) is 33.7 Å². The lowest BCUT2D eigenvalue weighted by molar-refractivity contribution is -0.145. The fraction of sp³-hybridized carbons (Fsp3) is 0.889. The molecule has 2 unspecified atom stereocenters. The molecule has 1 fully saturated rings. The quantitative estimate of drug-likeness (QED) is 0.562. The maximum atomic E-state index is 11.4. The summed E-state index contributed by atoms with van der Waals surface area (Å²) < 4.78 is 0. The molecule has 0 saturated carbocycles. The van der Waals surface area contributed by atoms with Crippen molar-refractivity contribution in [1.82, 2.24) is 4.90 Å². The number of nitrogens with zero attached hydrogens (tertiary/aromatic N) is 1. The fourth-order valence-electron chi connectivity index (χ4n) is 1.42. The Balaban J connectivity index is 2.46. The van der Waals surface area contributed by atoms with Crippen LogP contribution in [-0.4, -0.2) is 23.4 Å². The normalized spacial score (nSPS) is 30.5. The predicted octanol–water partition coefficient (Wildman–Crippen LogP) is 1.51. The molecule has 64 valence electrons. The van der Waals surface area contributed by atoms with E-state index in [1.165, 1.54) is 0 Å². The van der Waals surface area contributed by atoms with E-state index in [1.54, 1.807) is 0 Å². The molecule has 2 heteroatoms. The molecule has 0 aliphatic carbocycles. The maximum absolute atomic E-state index is 11.4. The Hall–Kier alpha value is -0.530. The molecule has 0 bridgehead atoms. The molecule has 0 aromatic heterocycles. The van der Waals surface area contributed by atoms with E-state index in [0.29, 0.717) is 17.9 Å². The summed E-state index contributed by atoms with van der Waals surface area (Å²) in [6.07, 6.45) is 0. The Kier molecular flexibility index (Phi) is 2.21. The van der Waals surface area contributed by atoms with Crippen LogP contribution >= 0.6 is 0 Å². The van der Waals surface area contributed by atoms with Crippen molar-refractivity contribution in [3.05, 3.63) is 0 Å². The molecule has 1 aliphatic rings. The van der Waals surface area contributed by atoms with Crippen molar-refractivity contribution in [1.29, 1.82) is 0 Å². The van der Waals surface area contributed by atoms with Crippen molar-refractivity contribution in [2.24, 2.45) is 11.8 Å². The zero-order chi connectivity index (χ0) is 8.59.